The second-order valence-electron chi connectivity index (χ2n) is 6.49. The zero-order chi connectivity index (χ0) is 13.1. The molecular weight excluding hydrogens is 244 g/mol. The zero-order valence-electron chi connectivity index (χ0n) is 11.9. The van der Waals surface area contributed by atoms with Gasteiger partial charge in [0.2, 0.25) is 0 Å². The molecule has 2 fully saturated rings. The maximum Gasteiger partial charge on any atom is 0.0546 e. The molecule has 2 N–H and O–H groups in total. The monoisotopic (exact) mass is 272 g/mol. The highest BCUT2D eigenvalue weighted by atomic mass is 32.2. The van der Waals surface area contributed by atoms with E-state index >= 15 is 0 Å². The summed E-state index contributed by atoms with van der Waals surface area (Å²) >= 11 is 2.11. The molecule has 2 heterocycles. The predicted molar refractivity (Wildman–Crippen MR) is 79.1 cm³/mol. The Labute approximate surface area is 116 Å². The second kappa shape index (κ2) is 6.12. The minimum atomic E-state index is 0.220. The largest absolute Gasteiger partial charge is 0.381 e. The third-order valence-electron chi connectivity index (χ3n) is 4.33. The molecule has 2 aliphatic heterocycles. The summed E-state index contributed by atoms with van der Waals surface area (Å²) in [4.78, 5) is 2.61. The first-order valence-corrected chi connectivity index (χ1v) is 8.18. The van der Waals surface area contributed by atoms with E-state index in [1.54, 1.807) is 0 Å². The van der Waals surface area contributed by atoms with Crippen molar-refractivity contribution in [3.63, 3.8) is 0 Å². The van der Waals surface area contributed by atoms with Gasteiger partial charge in [-0.3, -0.25) is 0 Å². The Balaban J connectivity index is 1.91. The smallest absolute Gasteiger partial charge is 0.0546 e. The van der Waals surface area contributed by atoms with E-state index in [2.05, 4.69) is 30.5 Å². The molecule has 18 heavy (non-hydrogen) atoms. The highest BCUT2D eigenvalue weighted by Crippen LogP contribution is 2.33. The summed E-state index contributed by atoms with van der Waals surface area (Å²) in [6.07, 6.45) is 3.68. The molecule has 0 aromatic rings. The summed E-state index contributed by atoms with van der Waals surface area (Å²) in [5.74, 6) is 1.24. The van der Waals surface area contributed by atoms with Gasteiger partial charge in [-0.2, -0.15) is 11.8 Å². The molecule has 0 aromatic heterocycles. The molecule has 0 aromatic carbocycles. The van der Waals surface area contributed by atoms with Gasteiger partial charge in [-0.25, -0.2) is 0 Å². The van der Waals surface area contributed by atoms with Crippen molar-refractivity contribution in [3.8, 4) is 0 Å². The molecule has 0 spiro atoms. The Kier molecular flexibility index (Phi) is 4.98. The topological polar surface area (TPSA) is 38.5 Å². The van der Waals surface area contributed by atoms with Gasteiger partial charge in [0.1, 0.15) is 0 Å². The Morgan fingerprint density at radius 1 is 1.28 bits per heavy atom. The molecule has 0 radical (unpaired) electrons. The minimum absolute atomic E-state index is 0.220. The standard InChI is InChI=1S/C14H28N2OS/c1-13(2)5-6-16(7-9-18-13)11-14(10-15)4-3-8-17-12-14/h3-12,15H2,1-2H3. The lowest BCUT2D eigenvalue weighted by Crippen LogP contribution is -2.48. The molecule has 1 atom stereocenters. The zero-order valence-corrected chi connectivity index (χ0v) is 12.7. The van der Waals surface area contributed by atoms with E-state index in [0.29, 0.717) is 4.75 Å². The van der Waals surface area contributed by atoms with Crippen molar-refractivity contribution >= 4 is 11.8 Å². The van der Waals surface area contributed by atoms with Crippen molar-refractivity contribution in [1.82, 2.24) is 4.90 Å². The van der Waals surface area contributed by atoms with E-state index in [9.17, 15) is 0 Å². The van der Waals surface area contributed by atoms with Gasteiger partial charge in [-0.15, -0.1) is 0 Å². The van der Waals surface area contributed by atoms with Gasteiger partial charge in [0.25, 0.3) is 0 Å². The fraction of sp³-hybridized carbons (Fsp3) is 1.00. The number of thioether (sulfide) groups is 1. The van der Waals surface area contributed by atoms with Crippen LogP contribution in [0.2, 0.25) is 0 Å². The average molecular weight is 272 g/mol. The molecule has 1 unspecified atom stereocenters. The van der Waals surface area contributed by atoms with Gasteiger partial charge in [0, 0.05) is 42.2 Å². The lowest BCUT2D eigenvalue weighted by atomic mass is 9.82. The van der Waals surface area contributed by atoms with Gasteiger partial charge in [0.15, 0.2) is 0 Å². The van der Waals surface area contributed by atoms with Crippen LogP contribution in [0.4, 0.5) is 0 Å². The second-order valence-corrected chi connectivity index (χ2v) is 8.30. The summed E-state index contributed by atoms with van der Waals surface area (Å²) in [6, 6.07) is 0. The van der Waals surface area contributed by atoms with Gasteiger partial charge in [-0.1, -0.05) is 13.8 Å². The molecule has 2 saturated heterocycles. The van der Waals surface area contributed by atoms with E-state index in [1.807, 2.05) is 0 Å². The lowest BCUT2D eigenvalue weighted by Gasteiger charge is -2.39. The fourth-order valence-corrected chi connectivity index (χ4v) is 4.09. The molecule has 106 valence electrons. The van der Waals surface area contributed by atoms with Crippen LogP contribution in [0.3, 0.4) is 0 Å². The molecule has 0 amide bonds. The van der Waals surface area contributed by atoms with E-state index in [1.165, 1.54) is 38.1 Å². The molecule has 3 nitrogen and oxygen atoms in total. The van der Waals surface area contributed by atoms with Gasteiger partial charge in [-0.05, 0) is 25.8 Å². The Morgan fingerprint density at radius 3 is 2.78 bits per heavy atom. The predicted octanol–water partition coefficient (Wildman–Crippen LogP) is 1.96. The summed E-state index contributed by atoms with van der Waals surface area (Å²) in [5.41, 5.74) is 6.26. The summed E-state index contributed by atoms with van der Waals surface area (Å²) in [6.45, 7) is 10.8. The molecule has 4 heteroatoms. The van der Waals surface area contributed by atoms with Crippen molar-refractivity contribution in [2.24, 2.45) is 11.1 Å². The van der Waals surface area contributed by atoms with Crippen LogP contribution in [0.25, 0.3) is 0 Å². The fourth-order valence-electron chi connectivity index (χ4n) is 2.96. The van der Waals surface area contributed by atoms with Crippen LogP contribution in [-0.4, -0.2) is 54.8 Å². The maximum atomic E-state index is 6.04. The van der Waals surface area contributed by atoms with Crippen molar-refractivity contribution in [1.29, 1.82) is 0 Å². The van der Waals surface area contributed by atoms with E-state index in [0.717, 1.165) is 26.3 Å². The summed E-state index contributed by atoms with van der Waals surface area (Å²) in [7, 11) is 0. The molecule has 0 saturated carbocycles. The van der Waals surface area contributed by atoms with Crippen molar-refractivity contribution in [3.05, 3.63) is 0 Å². The number of nitrogens with two attached hydrogens (primary N) is 1. The summed E-state index contributed by atoms with van der Waals surface area (Å²) < 4.78 is 6.12. The number of hydrogen-bond acceptors (Lipinski definition) is 4. The Hall–Kier alpha value is 0.230. The normalized spacial score (nSPS) is 34.2. The van der Waals surface area contributed by atoms with E-state index in [4.69, 9.17) is 10.5 Å². The van der Waals surface area contributed by atoms with Gasteiger partial charge < -0.3 is 15.4 Å². The van der Waals surface area contributed by atoms with Crippen LogP contribution in [-0.2, 0) is 4.74 Å². The molecular formula is C14H28N2OS. The van der Waals surface area contributed by atoms with E-state index < -0.39 is 0 Å². The highest BCUT2D eigenvalue weighted by Gasteiger charge is 2.34. The number of rotatable bonds is 3. The molecule has 0 aliphatic carbocycles. The Bertz CT molecular complexity index is 265. The van der Waals surface area contributed by atoms with E-state index in [-0.39, 0.29) is 5.41 Å². The first kappa shape index (κ1) is 14.6. The molecule has 2 rings (SSSR count). The van der Waals surface area contributed by atoms with Crippen molar-refractivity contribution < 1.29 is 4.74 Å². The molecule has 0 bridgehead atoms. The first-order chi connectivity index (χ1) is 8.55. The highest BCUT2D eigenvalue weighted by molar-refractivity contribution is 8.00. The molecule has 2 aliphatic rings. The van der Waals surface area contributed by atoms with Crippen LogP contribution in [0.15, 0.2) is 0 Å². The van der Waals surface area contributed by atoms with Crippen LogP contribution in [0.5, 0.6) is 0 Å². The maximum absolute atomic E-state index is 6.04. The number of ether oxygens (including phenoxy) is 1. The Morgan fingerprint density at radius 2 is 2.11 bits per heavy atom. The third-order valence-corrected chi connectivity index (χ3v) is 5.70. The van der Waals surface area contributed by atoms with Crippen LogP contribution in [0, 0.1) is 5.41 Å². The van der Waals surface area contributed by atoms with Gasteiger partial charge in [0.05, 0.1) is 6.61 Å². The van der Waals surface area contributed by atoms with Crippen molar-refractivity contribution in [2.75, 3.05) is 45.1 Å². The van der Waals surface area contributed by atoms with Crippen LogP contribution >= 0.6 is 11.8 Å². The quantitative estimate of drug-likeness (QED) is 0.852. The third kappa shape index (κ3) is 3.86. The number of nitrogens with zero attached hydrogens (tertiary/aromatic N) is 1. The summed E-state index contributed by atoms with van der Waals surface area (Å²) in [5, 5.41) is 0. The van der Waals surface area contributed by atoms with Crippen LogP contribution in [0.1, 0.15) is 33.1 Å². The SMILES string of the molecule is CC1(C)CCN(CC2(CN)CCCOC2)CCS1. The lowest BCUT2D eigenvalue weighted by molar-refractivity contribution is -0.0210. The van der Waals surface area contributed by atoms with Crippen LogP contribution < -0.4 is 5.73 Å². The van der Waals surface area contributed by atoms with Crippen molar-refractivity contribution in [2.45, 2.75) is 37.9 Å². The average Bonchev–Trinajstić information content (AvgIpc) is 2.52. The first-order valence-electron chi connectivity index (χ1n) is 7.19. The number of hydrogen-bond donors (Lipinski definition) is 1. The minimum Gasteiger partial charge on any atom is -0.381 e. The van der Waals surface area contributed by atoms with Gasteiger partial charge >= 0.3 is 0 Å².